The lowest BCUT2D eigenvalue weighted by Crippen LogP contribution is -2.46. The van der Waals surface area contributed by atoms with Gasteiger partial charge >= 0.3 is 11.9 Å². The number of nitrogens with zero attached hydrogens (tertiary/aromatic N) is 2. The Bertz CT molecular complexity index is 2090. The number of rotatable bonds is 11. The van der Waals surface area contributed by atoms with Crippen molar-refractivity contribution in [2.75, 3.05) is 24.6 Å². The van der Waals surface area contributed by atoms with Crippen LogP contribution in [0.25, 0.3) is 10.8 Å². The van der Waals surface area contributed by atoms with E-state index in [1.54, 1.807) is 38.4 Å². The van der Waals surface area contributed by atoms with Gasteiger partial charge in [0.2, 0.25) is 11.8 Å². The Morgan fingerprint density at radius 1 is 0.860 bits per heavy atom. The number of carbonyl (C=O) groups excluding carboxylic acids is 4. The lowest BCUT2D eigenvalue weighted by molar-refractivity contribution is -0.153. The van der Waals surface area contributed by atoms with Crippen LogP contribution in [0.4, 0.5) is 11.4 Å². The Balaban J connectivity index is 1.39. The number of hydroxylamine groups is 1. The van der Waals surface area contributed by atoms with Crippen molar-refractivity contribution >= 4 is 45.8 Å². The quantitative estimate of drug-likeness (QED) is 0.0815. The summed E-state index contributed by atoms with van der Waals surface area (Å²) in [6.07, 6.45) is 1.64. The van der Waals surface area contributed by atoms with Crippen molar-refractivity contribution < 1.29 is 33.9 Å². The van der Waals surface area contributed by atoms with Crippen molar-refractivity contribution in [2.45, 2.75) is 32.4 Å². The number of pyridine rings is 1. The Labute approximate surface area is 287 Å². The van der Waals surface area contributed by atoms with Gasteiger partial charge in [-0.3, -0.25) is 24.4 Å². The first-order valence-electron chi connectivity index (χ1n) is 15.7. The Kier molecular flexibility index (Phi) is 11.0. The monoisotopic (exact) mass is 676 g/mol. The second kappa shape index (κ2) is 15.8. The molecule has 5 aromatic rings. The van der Waals surface area contributed by atoms with Crippen LogP contribution in [-0.4, -0.2) is 53.7 Å². The fraction of sp³-hybridized carbons (Fsp3) is 0.184. The van der Waals surface area contributed by atoms with Crippen molar-refractivity contribution in [3.05, 3.63) is 136 Å². The molecule has 0 saturated carbocycles. The van der Waals surface area contributed by atoms with E-state index in [0.717, 1.165) is 29.0 Å². The van der Waals surface area contributed by atoms with Crippen molar-refractivity contribution in [3.63, 3.8) is 0 Å². The van der Waals surface area contributed by atoms with Gasteiger partial charge in [0.05, 0.1) is 32.9 Å². The lowest BCUT2D eigenvalue weighted by atomic mass is 10.0. The highest BCUT2D eigenvalue weighted by Gasteiger charge is 2.25. The number of carbonyl (C=O) groups is 4. The molecule has 0 aliphatic rings. The van der Waals surface area contributed by atoms with Gasteiger partial charge in [0, 0.05) is 12.6 Å². The fourth-order valence-electron chi connectivity index (χ4n) is 5.45. The average molecular weight is 677 g/mol. The van der Waals surface area contributed by atoms with Gasteiger partial charge < -0.3 is 24.7 Å². The highest BCUT2D eigenvalue weighted by atomic mass is 16.6. The number of esters is 1. The zero-order valence-corrected chi connectivity index (χ0v) is 27.7. The van der Waals surface area contributed by atoms with Crippen LogP contribution in [0, 0.1) is 6.92 Å². The van der Waals surface area contributed by atoms with Crippen molar-refractivity contribution in [2.24, 2.45) is 0 Å². The minimum Gasteiger partial charge on any atom is -0.497 e. The summed E-state index contributed by atoms with van der Waals surface area (Å²) < 4.78 is 11.1. The number of anilines is 2. The summed E-state index contributed by atoms with van der Waals surface area (Å²) in [4.78, 5) is 64.6. The normalized spacial score (nSPS) is 11.4. The van der Waals surface area contributed by atoms with E-state index < -0.39 is 35.3 Å². The Hall–Kier alpha value is -6.27. The molecule has 1 heterocycles. The van der Waals surface area contributed by atoms with E-state index in [2.05, 4.69) is 15.4 Å². The third-order valence-corrected chi connectivity index (χ3v) is 8.19. The average Bonchev–Trinajstić information content (AvgIpc) is 3.14. The van der Waals surface area contributed by atoms with Crippen LogP contribution < -0.4 is 26.0 Å². The molecule has 0 bridgehead atoms. The molecule has 0 unspecified atom stereocenters. The lowest BCUT2D eigenvalue weighted by Gasteiger charge is -2.20. The molecule has 0 aliphatic heterocycles. The van der Waals surface area contributed by atoms with Crippen LogP contribution in [-0.2, 0) is 43.3 Å². The maximum absolute atomic E-state index is 13.9. The van der Waals surface area contributed by atoms with Crippen LogP contribution in [0.5, 0.6) is 5.75 Å². The van der Waals surface area contributed by atoms with E-state index in [1.165, 1.54) is 28.8 Å². The maximum Gasteiger partial charge on any atom is 0.399 e. The summed E-state index contributed by atoms with van der Waals surface area (Å²) in [6, 6.07) is 27.1. The number of amides is 3. The van der Waals surface area contributed by atoms with Gasteiger partial charge in [0.1, 0.15) is 17.5 Å². The summed E-state index contributed by atoms with van der Waals surface area (Å²) in [7, 11) is 2.59. The van der Waals surface area contributed by atoms with E-state index in [4.69, 9.17) is 4.74 Å². The third-order valence-electron chi connectivity index (χ3n) is 8.19. The zero-order valence-electron chi connectivity index (χ0n) is 27.7. The number of fused-ring (bicyclic) bond motifs is 1. The molecule has 3 N–H and O–H groups in total. The van der Waals surface area contributed by atoms with Crippen LogP contribution in [0.2, 0.25) is 0 Å². The third kappa shape index (κ3) is 8.23. The van der Waals surface area contributed by atoms with Gasteiger partial charge in [-0.25, -0.2) is 4.79 Å². The zero-order chi connectivity index (χ0) is 35.8. The minimum atomic E-state index is -1.28. The van der Waals surface area contributed by atoms with E-state index in [1.807, 2.05) is 54.6 Å². The molecule has 50 heavy (non-hydrogen) atoms. The summed E-state index contributed by atoms with van der Waals surface area (Å²) in [6.45, 7) is 1.96. The standard InChI is InChI=1S/C38H36N4O8/c1-24-19-20-41(23-26-13-17-30(49-2)18-14-26)36(45)34(24)40-35(44)32(21-25-11-15-29(16-12-25)42(48)37(46)38(47)50-3)39-33(43)22-28-9-6-8-27-7-4-5-10-31(27)28/h4-20,32,48H,21-23H2,1-3H3,(H,39,43)(H,40,44)/t32-/m0/s1. The number of methoxy groups -OCH3 is 2. The SMILES string of the molecule is COC(=O)C(=O)N(O)c1ccc(C[C@H](NC(=O)Cc2cccc3ccccc23)C(=O)Nc2c(C)ccn(Cc3ccc(OC)cc3)c2=O)cc1. The Morgan fingerprint density at radius 2 is 1.54 bits per heavy atom. The molecule has 1 atom stereocenters. The molecule has 0 saturated heterocycles. The molecule has 0 aliphatic carbocycles. The topological polar surface area (TPSA) is 156 Å². The molecule has 5 rings (SSSR count). The van der Waals surface area contributed by atoms with Crippen LogP contribution >= 0.6 is 0 Å². The molecule has 0 fully saturated rings. The van der Waals surface area contributed by atoms with Crippen molar-refractivity contribution in [3.8, 4) is 5.75 Å². The van der Waals surface area contributed by atoms with Gasteiger partial charge in [-0.2, -0.15) is 5.06 Å². The number of aryl methyl sites for hydroxylation is 1. The molecule has 256 valence electrons. The molecular weight excluding hydrogens is 640 g/mol. The number of nitrogens with one attached hydrogen (secondary N) is 2. The van der Waals surface area contributed by atoms with Crippen molar-refractivity contribution in [1.82, 2.24) is 9.88 Å². The van der Waals surface area contributed by atoms with Gasteiger partial charge in [0.15, 0.2) is 0 Å². The van der Waals surface area contributed by atoms with E-state index in [-0.39, 0.29) is 35.8 Å². The summed E-state index contributed by atoms with van der Waals surface area (Å²) in [5.74, 6) is -2.88. The maximum atomic E-state index is 13.9. The summed E-state index contributed by atoms with van der Waals surface area (Å²) in [5, 5.41) is 17.8. The van der Waals surface area contributed by atoms with Crippen LogP contribution in [0.1, 0.15) is 22.3 Å². The molecule has 0 radical (unpaired) electrons. The number of ether oxygens (including phenoxy) is 2. The molecule has 1 aromatic heterocycles. The van der Waals surface area contributed by atoms with Gasteiger partial charge in [-0.15, -0.1) is 0 Å². The van der Waals surface area contributed by atoms with Gasteiger partial charge in [-0.05, 0) is 70.3 Å². The summed E-state index contributed by atoms with van der Waals surface area (Å²) >= 11 is 0. The number of hydrogen-bond acceptors (Lipinski definition) is 8. The second-order valence-electron chi connectivity index (χ2n) is 11.6. The first-order valence-corrected chi connectivity index (χ1v) is 15.7. The van der Waals surface area contributed by atoms with E-state index in [0.29, 0.717) is 16.9 Å². The highest BCUT2D eigenvalue weighted by molar-refractivity contribution is 6.37. The van der Waals surface area contributed by atoms with Crippen molar-refractivity contribution in [1.29, 1.82) is 0 Å². The molecule has 3 amide bonds. The smallest absolute Gasteiger partial charge is 0.399 e. The predicted octanol–water partition coefficient (Wildman–Crippen LogP) is 4.17. The Morgan fingerprint density at radius 3 is 2.24 bits per heavy atom. The fourth-order valence-corrected chi connectivity index (χ4v) is 5.45. The van der Waals surface area contributed by atoms with Crippen LogP contribution in [0.15, 0.2) is 108 Å². The largest absolute Gasteiger partial charge is 0.497 e. The number of benzene rings is 4. The second-order valence-corrected chi connectivity index (χ2v) is 11.6. The number of hydrogen-bond donors (Lipinski definition) is 3. The first kappa shape index (κ1) is 35.0. The van der Waals surface area contributed by atoms with E-state index >= 15 is 0 Å². The molecule has 12 heteroatoms. The van der Waals surface area contributed by atoms with Crippen LogP contribution in [0.3, 0.4) is 0 Å². The summed E-state index contributed by atoms with van der Waals surface area (Å²) in [5.41, 5.74) is 2.37. The number of aromatic nitrogens is 1. The molecule has 12 nitrogen and oxygen atoms in total. The van der Waals surface area contributed by atoms with Gasteiger partial charge in [0.25, 0.3) is 5.56 Å². The minimum absolute atomic E-state index is 0.00177. The molecular formula is C38H36N4O8. The molecule has 0 spiro atoms. The predicted molar refractivity (Wildman–Crippen MR) is 187 cm³/mol. The first-order chi connectivity index (χ1) is 24.1. The van der Waals surface area contributed by atoms with E-state index in [9.17, 15) is 29.2 Å². The van der Waals surface area contributed by atoms with Gasteiger partial charge in [-0.1, -0.05) is 66.7 Å². The molecule has 4 aromatic carbocycles. The highest BCUT2D eigenvalue weighted by Crippen LogP contribution is 2.20.